The Bertz CT molecular complexity index is 692. The molecule has 3 heterocycles. The first-order valence-electron chi connectivity index (χ1n) is 8.40. The Kier molecular flexibility index (Phi) is 4.35. The molecule has 3 rings (SSSR count). The molecule has 0 bridgehead atoms. The summed E-state index contributed by atoms with van der Waals surface area (Å²) in [4.78, 5) is 24.8. The predicted molar refractivity (Wildman–Crippen MR) is 88.8 cm³/mol. The van der Waals surface area contributed by atoms with Crippen molar-refractivity contribution in [2.45, 2.75) is 44.4 Å². The van der Waals surface area contributed by atoms with Crippen LogP contribution in [0.15, 0.2) is 35.5 Å². The summed E-state index contributed by atoms with van der Waals surface area (Å²) in [6, 6.07) is -0.553. The molecule has 0 amide bonds. The monoisotopic (exact) mass is 349 g/mol. The van der Waals surface area contributed by atoms with Crippen LogP contribution in [0.2, 0.25) is 0 Å². The highest BCUT2D eigenvalue weighted by Crippen LogP contribution is 2.39. The molecule has 0 aromatic carbocycles. The molecule has 0 aromatic heterocycles. The number of aliphatic hydroxyl groups is 1. The van der Waals surface area contributed by atoms with E-state index in [0.29, 0.717) is 18.5 Å². The highest BCUT2D eigenvalue weighted by atomic mass is 16.6. The molecule has 0 radical (unpaired) electrons. The summed E-state index contributed by atoms with van der Waals surface area (Å²) in [5.74, 6) is -1.38. The number of hydroxylamine groups is 3. The van der Waals surface area contributed by atoms with Crippen LogP contribution < -0.4 is 0 Å². The molecule has 0 aromatic rings. The van der Waals surface area contributed by atoms with Crippen LogP contribution in [0, 0.1) is 5.21 Å². The molecule has 2 saturated heterocycles. The van der Waals surface area contributed by atoms with E-state index in [1.807, 2.05) is 0 Å². The van der Waals surface area contributed by atoms with Gasteiger partial charge >= 0.3 is 11.9 Å². The van der Waals surface area contributed by atoms with E-state index in [9.17, 15) is 19.9 Å². The quantitative estimate of drug-likeness (QED) is 0.231. The van der Waals surface area contributed by atoms with Crippen molar-refractivity contribution in [3.63, 3.8) is 0 Å². The van der Waals surface area contributed by atoms with Gasteiger partial charge in [-0.3, -0.25) is 0 Å². The summed E-state index contributed by atoms with van der Waals surface area (Å²) >= 11 is 0. The molecule has 136 valence electrons. The van der Waals surface area contributed by atoms with E-state index in [1.54, 1.807) is 19.1 Å². The molecule has 0 unspecified atom stereocenters. The molecule has 3 aliphatic heterocycles. The zero-order valence-corrected chi connectivity index (χ0v) is 14.5. The summed E-state index contributed by atoms with van der Waals surface area (Å²) in [7, 11) is 0. The second-order valence-electron chi connectivity index (χ2n) is 7.06. The fraction of sp³-hybridized carbons (Fsp3) is 0.556. The lowest BCUT2D eigenvalue weighted by molar-refractivity contribution is -0.877. The lowest BCUT2D eigenvalue weighted by Gasteiger charge is -2.40. The number of carbonyl (C=O) groups excluding carboxylic acids is 2. The Balaban J connectivity index is 1.96. The second-order valence-corrected chi connectivity index (χ2v) is 7.06. The maximum atomic E-state index is 12.9. The Morgan fingerprint density at radius 2 is 2.20 bits per heavy atom. The van der Waals surface area contributed by atoms with Crippen molar-refractivity contribution in [1.29, 1.82) is 0 Å². The largest absolute Gasteiger partial charge is 0.632 e. The molecule has 1 N–H and O–H groups in total. The predicted octanol–water partition coefficient (Wildman–Crippen LogP) is 1.13. The van der Waals surface area contributed by atoms with Crippen molar-refractivity contribution >= 4 is 11.9 Å². The lowest BCUT2D eigenvalue weighted by atomic mass is 9.91. The van der Waals surface area contributed by atoms with Gasteiger partial charge < -0.3 is 24.4 Å². The highest BCUT2D eigenvalue weighted by Gasteiger charge is 2.51. The van der Waals surface area contributed by atoms with Gasteiger partial charge in [-0.2, -0.15) is 0 Å². The Morgan fingerprint density at radius 1 is 1.48 bits per heavy atom. The first kappa shape index (κ1) is 17.8. The van der Waals surface area contributed by atoms with E-state index >= 15 is 0 Å². The molecular formula is C18H23NO6. The van der Waals surface area contributed by atoms with Crippen molar-refractivity contribution in [3.05, 3.63) is 40.7 Å². The zero-order valence-electron chi connectivity index (χ0n) is 14.5. The van der Waals surface area contributed by atoms with Gasteiger partial charge in [0.05, 0.1) is 13.1 Å². The number of carbonyl (C=O) groups is 2. The van der Waals surface area contributed by atoms with Gasteiger partial charge in [-0.05, 0) is 25.5 Å². The first-order chi connectivity index (χ1) is 11.7. The molecule has 25 heavy (non-hydrogen) atoms. The fourth-order valence-electron chi connectivity index (χ4n) is 3.69. The number of quaternary nitrogens is 1. The number of cyclic esters (lactones) is 1. The van der Waals surface area contributed by atoms with Crippen molar-refractivity contribution in [2.75, 3.05) is 19.7 Å². The Morgan fingerprint density at radius 3 is 2.88 bits per heavy atom. The van der Waals surface area contributed by atoms with Gasteiger partial charge in [0.1, 0.15) is 6.61 Å². The Hall–Kier alpha value is -1.96. The standard InChI is InChI=1S/C18H23NO6/c1-4-12-9-11(2)18(3,22)17(21)24-10-13-5-7-19(23)8-6-14(15(13)19)25-16(12)20/h4-5,14-15,22H,2,6-10H2,1,3H3/b12-4+/t14-,15-,18-,19-/m1/s1. The van der Waals surface area contributed by atoms with Crippen molar-refractivity contribution < 1.29 is 28.8 Å². The summed E-state index contributed by atoms with van der Waals surface area (Å²) in [5.41, 5.74) is -0.841. The number of hydrogen-bond acceptors (Lipinski definition) is 6. The minimum Gasteiger partial charge on any atom is -0.632 e. The SMILES string of the molecule is C=C1C/C(=C\C)C(=O)O[C@@H]2CC[N@+]3([O-])CC=C(COC(=O)[C@]1(C)O)[C@H]23. The minimum atomic E-state index is -1.93. The summed E-state index contributed by atoms with van der Waals surface area (Å²) in [5, 5.41) is 23.4. The highest BCUT2D eigenvalue weighted by molar-refractivity contribution is 5.90. The number of ether oxygens (including phenoxy) is 2. The average molecular weight is 349 g/mol. The first-order valence-corrected chi connectivity index (χ1v) is 8.40. The van der Waals surface area contributed by atoms with E-state index < -0.39 is 34.3 Å². The van der Waals surface area contributed by atoms with Gasteiger partial charge in [-0.25, -0.2) is 9.59 Å². The number of esters is 2. The summed E-state index contributed by atoms with van der Waals surface area (Å²) in [6.45, 7) is 7.22. The fourth-order valence-corrected chi connectivity index (χ4v) is 3.69. The topological polar surface area (TPSA) is 95.9 Å². The van der Waals surface area contributed by atoms with Crippen LogP contribution >= 0.6 is 0 Å². The van der Waals surface area contributed by atoms with Crippen LogP contribution in [-0.4, -0.2) is 59.1 Å². The average Bonchev–Trinajstić information content (AvgIpc) is 3.05. The van der Waals surface area contributed by atoms with E-state index in [1.165, 1.54) is 6.92 Å². The molecule has 7 nitrogen and oxygen atoms in total. The third-order valence-electron chi connectivity index (χ3n) is 5.42. The normalized spacial score (nSPS) is 40.7. The minimum absolute atomic E-state index is 0.00507. The zero-order chi connectivity index (χ0) is 18.4. The molecular weight excluding hydrogens is 326 g/mol. The third kappa shape index (κ3) is 2.92. The molecule has 7 heteroatoms. The Labute approximate surface area is 146 Å². The molecule has 0 aliphatic carbocycles. The number of rotatable bonds is 0. The van der Waals surface area contributed by atoms with Crippen LogP contribution in [0.5, 0.6) is 0 Å². The van der Waals surface area contributed by atoms with Crippen molar-refractivity contribution in [3.8, 4) is 0 Å². The summed E-state index contributed by atoms with van der Waals surface area (Å²) in [6.07, 6.45) is 3.24. The number of hydrogen-bond donors (Lipinski definition) is 1. The van der Waals surface area contributed by atoms with Crippen LogP contribution in [-0.2, 0) is 19.1 Å². The maximum Gasteiger partial charge on any atom is 0.342 e. The van der Waals surface area contributed by atoms with E-state index in [-0.39, 0.29) is 30.7 Å². The third-order valence-corrected chi connectivity index (χ3v) is 5.42. The summed E-state index contributed by atoms with van der Waals surface area (Å²) < 4.78 is 10.4. The van der Waals surface area contributed by atoms with Crippen LogP contribution in [0.3, 0.4) is 0 Å². The van der Waals surface area contributed by atoms with Gasteiger partial charge in [0.25, 0.3) is 0 Å². The van der Waals surface area contributed by atoms with Gasteiger partial charge in [-0.1, -0.05) is 12.7 Å². The van der Waals surface area contributed by atoms with Crippen molar-refractivity contribution in [2.24, 2.45) is 0 Å². The van der Waals surface area contributed by atoms with E-state index in [4.69, 9.17) is 9.47 Å². The van der Waals surface area contributed by atoms with Crippen molar-refractivity contribution in [1.82, 2.24) is 0 Å². The lowest BCUT2D eigenvalue weighted by Crippen LogP contribution is -2.48. The molecule has 2 fully saturated rings. The van der Waals surface area contributed by atoms with E-state index in [0.717, 1.165) is 0 Å². The van der Waals surface area contributed by atoms with E-state index in [2.05, 4.69) is 6.58 Å². The van der Waals surface area contributed by atoms with Crippen LogP contribution in [0.1, 0.15) is 26.7 Å². The molecule has 4 atom stereocenters. The molecule has 3 aliphatic rings. The molecule has 0 saturated carbocycles. The smallest absolute Gasteiger partial charge is 0.342 e. The van der Waals surface area contributed by atoms with Gasteiger partial charge in [0, 0.05) is 24.0 Å². The van der Waals surface area contributed by atoms with Crippen LogP contribution in [0.25, 0.3) is 0 Å². The second kappa shape index (κ2) is 6.09. The maximum absolute atomic E-state index is 12.9. The van der Waals surface area contributed by atoms with Gasteiger partial charge in [0.15, 0.2) is 17.7 Å². The van der Waals surface area contributed by atoms with Crippen LogP contribution in [0.4, 0.5) is 0 Å². The molecule has 0 spiro atoms. The van der Waals surface area contributed by atoms with Gasteiger partial charge in [-0.15, -0.1) is 0 Å². The number of nitrogens with zero attached hydrogens (tertiary/aromatic N) is 1. The van der Waals surface area contributed by atoms with Gasteiger partial charge in [0.2, 0.25) is 0 Å². The number of allylic oxidation sites excluding steroid dienone is 1.